The Hall–Kier alpha value is -3.74. The maximum atomic E-state index is 14.1. The molecule has 4 rings (SSSR count). The molecule has 1 N–H and O–H groups in total. The molecular weight excluding hydrogens is 550 g/mol. The molecule has 7 nitrogen and oxygen atoms in total. The number of amides is 3. The molecule has 0 saturated carbocycles. The van der Waals surface area contributed by atoms with Crippen LogP contribution in [0.15, 0.2) is 42.5 Å². The lowest BCUT2D eigenvalue weighted by molar-refractivity contribution is 0.0684. The minimum absolute atomic E-state index is 0.0982. The SMILES string of the molecule is CCCCC(CC)CN(CC(CC)CCCC)C(=O)c1ccc2c(c1)C(=O)N(c1nc3ccc(C(C)C)cc3cc1O)C2=O. The number of carbonyl (C=O) groups excluding carboxylic acids is 3. The highest BCUT2D eigenvalue weighted by molar-refractivity contribution is 6.35. The fraction of sp³-hybridized carbons (Fsp3) is 0.514. The molecule has 2 heterocycles. The number of anilines is 1. The van der Waals surface area contributed by atoms with Gasteiger partial charge in [-0.2, -0.15) is 0 Å². The van der Waals surface area contributed by atoms with Crippen molar-refractivity contribution >= 4 is 34.4 Å². The smallest absolute Gasteiger partial charge is 0.267 e. The van der Waals surface area contributed by atoms with Crippen molar-refractivity contribution in [3.63, 3.8) is 0 Å². The van der Waals surface area contributed by atoms with Crippen LogP contribution in [0.1, 0.15) is 135 Å². The molecule has 236 valence electrons. The van der Waals surface area contributed by atoms with Crippen LogP contribution in [0.5, 0.6) is 5.75 Å². The van der Waals surface area contributed by atoms with E-state index in [4.69, 9.17) is 0 Å². The Morgan fingerprint density at radius 2 is 1.45 bits per heavy atom. The first kappa shape index (κ1) is 33.2. The van der Waals surface area contributed by atoms with Gasteiger partial charge in [0, 0.05) is 24.0 Å². The van der Waals surface area contributed by atoms with Gasteiger partial charge in [-0.05, 0) is 72.6 Å². The molecule has 7 heteroatoms. The largest absolute Gasteiger partial charge is 0.504 e. The van der Waals surface area contributed by atoms with Crippen LogP contribution in [0.25, 0.3) is 10.9 Å². The average Bonchev–Trinajstić information content (AvgIpc) is 3.27. The molecule has 1 aliphatic rings. The van der Waals surface area contributed by atoms with Crippen molar-refractivity contribution in [2.45, 2.75) is 98.8 Å². The predicted octanol–water partition coefficient (Wildman–Crippen LogP) is 8.74. The molecule has 2 atom stereocenters. The maximum absolute atomic E-state index is 14.1. The van der Waals surface area contributed by atoms with Crippen LogP contribution < -0.4 is 4.90 Å². The van der Waals surface area contributed by atoms with E-state index in [9.17, 15) is 19.5 Å². The Labute approximate surface area is 262 Å². The molecule has 3 amide bonds. The first-order valence-corrected chi connectivity index (χ1v) is 16.6. The summed E-state index contributed by atoms with van der Waals surface area (Å²) >= 11 is 0. The lowest BCUT2D eigenvalue weighted by Gasteiger charge is -2.31. The summed E-state index contributed by atoms with van der Waals surface area (Å²) < 4.78 is 0. The summed E-state index contributed by atoms with van der Waals surface area (Å²) in [5.41, 5.74) is 2.45. The molecule has 0 saturated heterocycles. The number of hydrogen-bond donors (Lipinski definition) is 1. The highest BCUT2D eigenvalue weighted by atomic mass is 16.3. The van der Waals surface area contributed by atoms with Gasteiger partial charge in [-0.15, -0.1) is 0 Å². The van der Waals surface area contributed by atoms with E-state index >= 15 is 0 Å². The third-order valence-electron chi connectivity index (χ3n) is 9.14. The maximum Gasteiger partial charge on any atom is 0.267 e. The molecule has 0 aliphatic carbocycles. The normalized spacial score (nSPS) is 14.4. The minimum Gasteiger partial charge on any atom is -0.504 e. The molecule has 0 bridgehead atoms. The summed E-state index contributed by atoms with van der Waals surface area (Å²) in [5.74, 6) is -0.468. The lowest BCUT2D eigenvalue weighted by atomic mass is 9.95. The van der Waals surface area contributed by atoms with Crippen LogP contribution in [0.3, 0.4) is 0 Å². The van der Waals surface area contributed by atoms with E-state index in [1.807, 2.05) is 23.1 Å². The Bertz CT molecular complexity index is 1480. The van der Waals surface area contributed by atoms with Crippen molar-refractivity contribution in [2.24, 2.45) is 11.8 Å². The van der Waals surface area contributed by atoms with Crippen LogP contribution >= 0.6 is 0 Å². The zero-order valence-electron chi connectivity index (χ0n) is 27.4. The summed E-state index contributed by atoms with van der Waals surface area (Å²) in [6.07, 6.45) is 8.67. The topological polar surface area (TPSA) is 90.8 Å². The van der Waals surface area contributed by atoms with Crippen molar-refractivity contribution in [3.05, 3.63) is 64.7 Å². The second kappa shape index (κ2) is 14.8. The number of aromatic nitrogens is 1. The highest BCUT2D eigenvalue weighted by Crippen LogP contribution is 2.36. The Morgan fingerprint density at radius 1 is 0.841 bits per heavy atom. The van der Waals surface area contributed by atoms with Crippen LogP contribution in [-0.2, 0) is 0 Å². The zero-order chi connectivity index (χ0) is 32.0. The molecule has 0 fully saturated rings. The quantitative estimate of drug-likeness (QED) is 0.176. The van der Waals surface area contributed by atoms with E-state index < -0.39 is 11.8 Å². The number of carbonyl (C=O) groups is 3. The second-order valence-electron chi connectivity index (χ2n) is 12.7. The minimum atomic E-state index is -0.587. The van der Waals surface area contributed by atoms with Gasteiger partial charge in [0.15, 0.2) is 11.6 Å². The van der Waals surface area contributed by atoms with E-state index in [0.29, 0.717) is 41.9 Å². The fourth-order valence-corrected chi connectivity index (χ4v) is 6.14. The van der Waals surface area contributed by atoms with Gasteiger partial charge >= 0.3 is 0 Å². The highest BCUT2D eigenvalue weighted by Gasteiger charge is 2.40. The molecule has 0 spiro atoms. The van der Waals surface area contributed by atoms with Crippen molar-refractivity contribution in [2.75, 3.05) is 18.0 Å². The number of aromatic hydroxyl groups is 1. The van der Waals surface area contributed by atoms with Gasteiger partial charge in [0.05, 0.1) is 16.6 Å². The van der Waals surface area contributed by atoms with Crippen LogP contribution in [0, 0.1) is 11.8 Å². The summed E-state index contributed by atoms with van der Waals surface area (Å²) in [6, 6.07) is 12.1. The number of pyridine rings is 1. The molecule has 3 aromatic rings. The molecule has 1 aliphatic heterocycles. The number of unbranched alkanes of at least 4 members (excludes halogenated alkanes) is 2. The van der Waals surface area contributed by atoms with E-state index in [1.165, 1.54) is 0 Å². The van der Waals surface area contributed by atoms with Gasteiger partial charge in [-0.3, -0.25) is 14.4 Å². The first-order chi connectivity index (χ1) is 21.1. The molecule has 1 aromatic heterocycles. The monoisotopic (exact) mass is 599 g/mol. The van der Waals surface area contributed by atoms with Gasteiger partial charge in [0.25, 0.3) is 17.7 Å². The van der Waals surface area contributed by atoms with E-state index in [2.05, 4.69) is 46.5 Å². The number of imide groups is 1. The van der Waals surface area contributed by atoms with E-state index in [-0.39, 0.29) is 28.6 Å². The molecule has 44 heavy (non-hydrogen) atoms. The van der Waals surface area contributed by atoms with Gasteiger partial charge < -0.3 is 10.0 Å². The fourth-order valence-electron chi connectivity index (χ4n) is 6.14. The van der Waals surface area contributed by atoms with Crippen molar-refractivity contribution < 1.29 is 19.5 Å². The standard InChI is InChI=1S/C37H49N3O4/c1-7-11-13-25(9-3)22-39(23-26(10-4)14-12-8-2)35(42)28-15-17-30-31(20-28)37(44)40(36(30)43)34-33(41)21-29-19-27(24(5)6)16-18-32(29)38-34/h15-21,24-26,41H,7-14,22-23H2,1-6H3. The Kier molecular flexibility index (Phi) is 11.2. The molecule has 2 aromatic carbocycles. The van der Waals surface area contributed by atoms with Crippen molar-refractivity contribution in [1.82, 2.24) is 9.88 Å². The second-order valence-corrected chi connectivity index (χ2v) is 12.7. The van der Waals surface area contributed by atoms with Crippen molar-refractivity contribution in [1.29, 1.82) is 0 Å². The zero-order valence-corrected chi connectivity index (χ0v) is 27.4. The first-order valence-electron chi connectivity index (χ1n) is 16.6. The van der Waals surface area contributed by atoms with Gasteiger partial charge in [0.1, 0.15) is 0 Å². The molecule has 0 radical (unpaired) electrons. The number of hydrogen-bond acceptors (Lipinski definition) is 5. The number of fused-ring (bicyclic) bond motifs is 2. The van der Waals surface area contributed by atoms with Crippen LogP contribution in [0.2, 0.25) is 0 Å². The number of benzene rings is 2. The summed E-state index contributed by atoms with van der Waals surface area (Å²) in [5, 5.41) is 11.6. The number of nitrogens with zero attached hydrogens (tertiary/aromatic N) is 3. The predicted molar refractivity (Wildman–Crippen MR) is 178 cm³/mol. The van der Waals surface area contributed by atoms with Gasteiger partial charge in [0.2, 0.25) is 0 Å². The van der Waals surface area contributed by atoms with Gasteiger partial charge in [-0.25, -0.2) is 9.88 Å². The van der Waals surface area contributed by atoms with E-state index in [0.717, 1.165) is 67.2 Å². The molecular formula is C37H49N3O4. The third-order valence-corrected chi connectivity index (χ3v) is 9.14. The summed E-state index contributed by atoms with van der Waals surface area (Å²) in [7, 11) is 0. The van der Waals surface area contributed by atoms with E-state index in [1.54, 1.807) is 24.3 Å². The third kappa shape index (κ3) is 7.14. The van der Waals surface area contributed by atoms with Crippen molar-refractivity contribution in [3.8, 4) is 5.75 Å². The lowest BCUT2D eigenvalue weighted by Crippen LogP contribution is -2.39. The molecule has 2 unspecified atom stereocenters. The van der Waals surface area contributed by atoms with Gasteiger partial charge in [-0.1, -0.05) is 86.1 Å². The summed E-state index contributed by atoms with van der Waals surface area (Å²) in [6.45, 7) is 14.3. The Morgan fingerprint density at radius 3 is 2.02 bits per heavy atom. The number of rotatable bonds is 15. The van der Waals surface area contributed by atoms with Crippen LogP contribution in [-0.4, -0.2) is 45.8 Å². The Balaban J connectivity index is 1.64. The average molecular weight is 600 g/mol. The summed E-state index contributed by atoms with van der Waals surface area (Å²) in [4.78, 5) is 48.7. The van der Waals surface area contributed by atoms with Crippen LogP contribution in [0.4, 0.5) is 5.82 Å².